The van der Waals surface area contributed by atoms with Gasteiger partial charge in [0.2, 0.25) is 11.8 Å². The predicted molar refractivity (Wildman–Crippen MR) is 187 cm³/mol. The van der Waals surface area contributed by atoms with Crippen molar-refractivity contribution in [3.63, 3.8) is 0 Å². The normalized spacial score (nSPS) is 27.0. The van der Waals surface area contributed by atoms with Gasteiger partial charge in [-0.1, -0.05) is 37.0 Å². The van der Waals surface area contributed by atoms with E-state index < -0.39 is 53.4 Å². The van der Waals surface area contributed by atoms with E-state index in [0.29, 0.717) is 41.9 Å². The number of carbonyl (C=O) groups is 5. The molecule has 1 unspecified atom stereocenters. The topological polar surface area (TPSA) is 190 Å². The van der Waals surface area contributed by atoms with E-state index in [2.05, 4.69) is 26.3 Å². The Bertz CT molecular complexity index is 1880. The molecular formula is C38H42N6O8. The summed E-state index contributed by atoms with van der Waals surface area (Å²) >= 11 is 0. The molecule has 272 valence electrons. The first-order valence-electron chi connectivity index (χ1n) is 17.8. The lowest BCUT2D eigenvalue weighted by molar-refractivity contribution is -0.148. The van der Waals surface area contributed by atoms with Crippen LogP contribution in [0.4, 0.5) is 4.79 Å². The van der Waals surface area contributed by atoms with Gasteiger partial charge >= 0.3 is 18.3 Å². The van der Waals surface area contributed by atoms with Crippen LogP contribution in [0.1, 0.15) is 86.7 Å². The molecular weight excluding hydrogens is 668 g/mol. The first-order valence-corrected chi connectivity index (χ1v) is 17.8. The first-order chi connectivity index (χ1) is 25.2. The highest BCUT2D eigenvalue weighted by atomic mass is 16.6. The Morgan fingerprint density at radius 2 is 1.92 bits per heavy atom. The van der Waals surface area contributed by atoms with Gasteiger partial charge in [-0.3, -0.25) is 14.4 Å². The summed E-state index contributed by atoms with van der Waals surface area (Å²) in [6, 6.07) is 4.42. The minimum atomic E-state index is -1.27. The number of hydrogen-bond donors (Lipinski definition) is 2. The summed E-state index contributed by atoms with van der Waals surface area (Å²) in [5.41, 5.74) is 8.33. The number of aromatic nitrogens is 1. The monoisotopic (exact) mass is 710 g/mol. The van der Waals surface area contributed by atoms with Gasteiger partial charge in [0.1, 0.15) is 41.3 Å². The first kappa shape index (κ1) is 36.3. The zero-order valence-corrected chi connectivity index (χ0v) is 29.0. The fourth-order valence-corrected chi connectivity index (χ4v) is 7.51. The minimum Gasteiger partial charge on any atom is -0.488 e. The highest BCUT2D eigenvalue weighted by Gasteiger charge is 2.62. The third kappa shape index (κ3) is 7.70. The molecule has 2 aliphatic carbocycles. The van der Waals surface area contributed by atoms with Gasteiger partial charge in [0.05, 0.1) is 24.7 Å². The van der Waals surface area contributed by atoms with Crippen molar-refractivity contribution in [2.45, 2.75) is 100 Å². The molecule has 2 aromatic rings. The Hall–Kier alpha value is -5.54. The summed E-state index contributed by atoms with van der Waals surface area (Å²) in [6.07, 6.45) is 15.9. The second kappa shape index (κ2) is 15.8. The van der Waals surface area contributed by atoms with Crippen molar-refractivity contribution in [3.8, 4) is 18.1 Å². The summed E-state index contributed by atoms with van der Waals surface area (Å²) < 4.78 is 17.2. The maximum Gasteiger partial charge on any atom is 0.408 e. The van der Waals surface area contributed by atoms with Crippen molar-refractivity contribution >= 4 is 46.8 Å². The number of ketones is 1. The van der Waals surface area contributed by atoms with Crippen molar-refractivity contribution in [2.24, 2.45) is 5.92 Å². The van der Waals surface area contributed by atoms with Gasteiger partial charge in [0, 0.05) is 23.8 Å². The Kier molecular flexibility index (Phi) is 11.0. The number of fused-ring (bicyclic) bond motifs is 3. The number of ether oxygens (including phenoxy) is 3. The molecule has 4 aliphatic rings. The van der Waals surface area contributed by atoms with Crippen molar-refractivity contribution in [1.82, 2.24) is 20.5 Å². The molecule has 1 aromatic carbocycles. The van der Waals surface area contributed by atoms with Gasteiger partial charge in [0.15, 0.2) is 0 Å². The van der Waals surface area contributed by atoms with Crippen molar-refractivity contribution in [2.75, 3.05) is 13.7 Å². The average Bonchev–Trinajstić information content (AvgIpc) is 3.42. The number of allylic oxidation sites excluding steroid dienone is 1. The van der Waals surface area contributed by atoms with E-state index in [1.807, 2.05) is 12.2 Å². The maximum absolute atomic E-state index is 14.5. The van der Waals surface area contributed by atoms with E-state index in [-0.39, 0.29) is 36.4 Å². The van der Waals surface area contributed by atoms with Gasteiger partial charge in [0.25, 0.3) is 5.78 Å². The molecule has 52 heavy (non-hydrogen) atoms. The number of hydrogen-bond acceptors (Lipinski definition) is 9. The molecule has 3 amide bonds. The quantitative estimate of drug-likeness (QED) is 0.0822. The molecule has 2 N–H and O–H groups in total. The van der Waals surface area contributed by atoms with Gasteiger partial charge in [-0.25, -0.2) is 14.6 Å². The van der Waals surface area contributed by atoms with Crippen LogP contribution in [0, 0.1) is 18.3 Å². The van der Waals surface area contributed by atoms with Crippen molar-refractivity contribution in [1.29, 1.82) is 0 Å². The van der Waals surface area contributed by atoms with Crippen LogP contribution in [0.15, 0.2) is 36.4 Å². The lowest BCUT2D eigenvalue weighted by Crippen LogP contribution is -2.56. The minimum absolute atomic E-state index is 0.0224. The summed E-state index contributed by atoms with van der Waals surface area (Å²) in [7, 11) is 1.27. The van der Waals surface area contributed by atoms with Crippen LogP contribution in [-0.4, -0.2) is 94.0 Å². The number of para-hydroxylation sites is 1. The number of nitrogens with zero attached hydrogens (tertiary/aromatic N) is 4. The summed E-state index contributed by atoms with van der Waals surface area (Å²) in [4.78, 5) is 76.1. The molecule has 0 bridgehead atoms. The predicted octanol–water partition coefficient (Wildman–Crippen LogP) is 3.65. The molecule has 1 saturated heterocycles. The van der Waals surface area contributed by atoms with E-state index in [0.717, 1.165) is 44.9 Å². The number of rotatable bonds is 7. The molecule has 2 aliphatic heterocycles. The van der Waals surface area contributed by atoms with Gasteiger partial charge in [-0.2, -0.15) is 4.79 Å². The average molecular weight is 711 g/mol. The fourth-order valence-electron chi connectivity index (χ4n) is 7.51. The fraction of sp³-hybridized carbons (Fsp3) is 0.500. The number of esters is 1. The largest absolute Gasteiger partial charge is 0.488 e. The number of alkyl carbamates (subject to hydrolysis) is 1. The SMILES string of the molecule is C#Cc1cccc2c(O[C@@H]3C[C@H]4C(=O)N[C@]5(C(=O)OC)CC5/C=C\CCCCC[C@H](NC(=O)OC5CCCC5)C(=O)N4C3)cc(C(=O)C=[N+]=[N-])nc12. The third-order valence-electron chi connectivity index (χ3n) is 10.3. The number of carbonyl (C=O) groups excluding carboxylic acids is 5. The van der Waals surface area contributed by atoms with E-state index in [1.54, 1.807) is 18.2 Å². The van der Waals surface area contributed by atoms with E-state index in [9.17, 15) is 24.0 Å². The Morgan fingerprint density at radius 1 is 1.13 bits per heavy atom. The maximum atomic E-state index is 14.5. The molecule has 6 rings (SSSR count). The number of benzene rings is 1. The number of amides is 3. The van der Waals surface area contributed by atoms with Crippen LogP contribution >= 0.6 is 0 Å². The van der Waals surface area contributed by atoms with Gasteiger partial charge in [-0.15, -0.1) is 6.42 Å². The summed E-state index contributed by atoms with van der Waals surface area (Å²) in [6.45, 7) is -0.0542. The summed E-state index contributed by atoms with van der Waals surface area (Å²) in [5.74, 6) is 0.183. The van der Waals surface area contributed by atoms with Crippen molar-refractivity contribution < 1.29 is 43.0 Å². The Morgan fingerprint density at radius 3 is 2.67 bits per heavy atom. The number of terminal acetylenes is 1. The van der Waals surface area contributed by atoms with Crippen LogP contribution in [-0.2, 0) is 23.9 Å². The van der Waals surface area contributed by atoms with Crippen molar-refractivity contribution in [3.05, 3.63) is 53.2 Å². The van der Waals surface area contributed by atoms with Gasteiger partial charge < -0.3 is 35.3 Å². The second-order valence-corrected chi connectivity index (χ2v) is 13.8. The lowest BCUT2D eigenvalue weighted by atomic mass is 10.0. The standard InChI is InChI=1S/C38H42N6O8/c1-3-23-12-11-16-27-32(19-29(41-33(23)27)31(45)21-40-39)51-26-18-30-34(46)43-38(36(48)50-2)20-24(38)13-7-5-4-6-8-17-28(35(47)44(30)22-26)42-37(49)52-25-14-9-10-15-25/h1,7,11-13,16,19,21,24-26,28,30H,4-6,8-10,14-15,17-18,20,22H2,2H3,(H,42,49)(H,43,46)/b13-7-/t24?,26-,28+,30+,38-/m1/s1. The van der Waals surface area contributed by atoms with E-state index in [4.69, 9.17) is 26.2 Å². The van der Waals surface area contributed by atoms with E-state index in [1.165, 1.54) is 18.1 Å². The number of methoxy groups -OCH3 is 1. The zero-order chi connectivity index (χ0) is 36.8. The molecule has 5 atom stereocenters. The van der Waals surface area contributed by atoms with Crippen LogP contribution in [0.3, 0.4) is 0 Å². The number of pyridine rings is 1. The summed E-state index contributed by atoms with van der Waals surface area (Å²) in [5, 5.41) is 6.19. The highest BCUT2D eigenvalue weighted by molar-refractivity contribution is 6.33. The number of Topliss-reactive ketones (excluding diaryl/α,β-unsaturated/α-hetero) is 1. The molecule has 14 nitrogen and oxygen atoms in total. The lowest BCUT2D eigenvalue weighted by Gasteiger charge is -2.29. The Labute approximate surface area is 301 Å². The van der Waals surface area contributed by atoms with Crippen LogP contribution in [0.2, 0.25) is 0 Å². The van der Waals surface area contributed by atoms with Crippen LogP contribution < -0.4 is 15.4 Å². The molecule has 0 radical (unpaired) electrons. The highest BCUT2D eigenvalue weighted by Crippen LogP contribution is 2.46. The second-order valence-electron chi connectivity index (χ2n) is 13.8. The molecule has 3 heterocycles. The molecule has 3 fully saturated rings. The van der Waals surface area contributed by atoms with Crippen LogP contribution in [0.25, 0.3) is 16.4 Å². The van der Waals surface area contributed by atoms with E-state index >= 15 is 0 Å². The molecule has 0 spiro atoms. The molecule has 2 saturated carbocycles. The Balaban J connectivity index is 1.33. The number of nitrogens with one attached hydrogen (secondary N) is 2. The van der Waals surface area contributed by atoms with Crippen LogP contribution in [0.5, 0.6) is 5.75 Å². The third-order valence-corrected chi connectivity index (χ3v) is 10.3. The molecule has 14 heteroatoms. The molecule has 1 aromatic heterocycles. The smallest absolute Gasteiger partial charge is 0.408 e. The zero-order valence-electron chi connectivity index (χ0n) is 29.0. The van der Waals surface area contributed by atoms with Gasteiger partial charge in [-0.05, 0) is 63.5 Å².